The summed E-state index contributed by atoms with van der Waals surface area (Å²) in [5.74, 6) is -0.518. The monoisotopic (exact) mass is 319 g/mol. The second-order valence-electron chi connectivity index (χ2n) is 4.28. The molecule has 1 aromatic carbocycles. The third-order valence-electron chi connectivity index (χ3n) is 2.80. The normalized spacial score (nSPS) is 12.9. The van der Waals surface area contributed by atoms with Gasteiger partial charge >= 0.3 is 0 Å². The zero-order valence-electron chi connectivity index (χ0n) is 11.4. The number of ether oxygens (including phenoxy) is 1. The van der Waals surface area contributed by atoms with Crippen LogP contribution in [0.1, 0.15) is 13.3 Å². The molecule has 0 radical (unpaired) electrons. The van der Waals surface area contributed by atoms with Crippen LogP contribution in [0.15, 0.2) is 29.2 Å². The van der Waals surface area contributed by atoms with Crippen LogP contribution in [0.4, 0.5) is 0 Å². The van der Waals surface area contributed by atoms with Crippen LogP contribution >= 0.6 is 11.6 Å². The first-order chi connectivity index (χ1) is 9.39. The molecular weight excluding hydrogens is 302 g/mol. The topological polar surface area (TPSA) is 72.5 Å². The largest absolute Gasteiger partial charge is 0.385 e. The van der Waals surface area contributed by atoms with E-state index >= 15 is 0 Å². The number of carbonyl (C=O) groups is 1. The van der Waals surface area contributed by atoms with Gasteiger partial charge in [0.25, 0.3) is 0 Å². The van der Waals surface area contributed by atoms with Crippen molar-refractivity contribution in [3.63, 3.8) is 0 Å². The van der Waals surface area contributed by atoms with E-state index in [9.17, 15) is 13.2 Å². The number of carbonyl (C=O) groups excluding carboxylic acids is 1. The minimum Gasteiger partial charge on any atom is -0.385 e. The van der Waals surface area contributed by atoms with Gasteiger partial charge in [0.1, 0.15) is 5.25 Å². The highest BCUT2D eigenvalue weighted by atomic mass is 35.5. The lowest BCUT2D eigenvalue weighted by atomic mass is 10.4. The highest BCUT2D eigenvalue weighted by Gasteiger charge is 2.29. The quantitative estimate of drug-likeness (QED) is 0.776. The van der Waals surface area contributed by atoms with E-state index in [2.05, 4.69) is 5.32 Å². The Bertz CT molecular complexity index is 542. The first kappa shape index (κ1) is 16.9. The highest BCUT2D eigenvalue weighted by molar-refractivity contribution is 7.92. The van der Waals surface area contributed by atoms with Gasteiger partial charge in [0.05, 0.1) is 4.90 Å². The number of hydrogen-bond acceptors (Lipinski definition) is 4. The first-order valence-electron chi connectivity index (χ1n) is 6.15. The second kappa shape index (κ2) is 7.61. The summed E-state index contributed by atoms with van der Waals surface area (Å²) < 4.78 is 29.3. The van der Waals surface area contributed by atoms with Gasteiger partial charge in [-0.15, -0.1) is 0 Å². The Labute approximate surface area is 124 Å². The number of amides is 1. The molecule has 0 aliphatic heterocycles. The van der Waals surface area contributed by atoms with E-state index < -0.39 is 21.0 Å². The third kappa shape index (κ3) is 4.47. The molecule has 0 aliphatic rings. The Morgan fingerprint density at radius 3 is 2.50 bits per heavy atom. The van der Waals surface area contributed by atoms with Crippen LogP contribution in [0.5, 0.6) is 0 Å². The zero-order chi connectivity index (χ0) is 15.2. The van der Waals surface area contributed by atoms with Crippen LogP contribution in [0.2, 0.25) is 5.02 Å². The van der Waals surface area contributed by atoms with Crippen molar-refractivity contribution in [2.45, 2.75) is 23.5 Å². The fourth-order valence-corrected chi connectivity index (χ4v) is 2.96. The van der Waals surface area contributed by atoms with Gasteiger partial charge < -0.3 is 10.1 Å². The van der Waals surface area contributed by atoms with Crippen molar-refractivity contribution in [1.82, 2.24) is 5.32 Å². The summed E-state index contributed by atoms with van der Waals surface area (Å²) in [4.78, 5) is 11.9. The number of sulfone groups is 1. The lowest BCUT2D eigenvalue weighted by Crippen LogP contribution is -2.38. The summed E-state index contributed by atoms with van der Waals surface area (Å²) in [5.41, 5.74) is 0. The Kier molecular flexibility index (Phi) is 6.45. The first-order valence-corrected chi connectivity index (χ1v) is 8.08. The fourth-order valence-electron chi connectivity index (χ4n) is 1.54. The van der Waals surface area contributed by atoms with Gasteiger partial charge in [-0.3, -0.25) is 4.79 Å². The minimum absolute atomic E-state index is 0.0847. The molecule has 1 N–H and O–H groups in total. The lowest BCUT2D eigenvalue weighted by Gasteiger charge is -2.13. The van der Waals surface area contributed by atoms with Crippen molar-refractivity contribution in [3.8, 4) is 0 Å². The van der Waals surface area contributed by atoms with Gasteiger partial charge in [-0.1, -0.05) is 11.6 Å². The summed E-state index contributed by atoms with van der Waals surface area (Å²) in [7, 11) is -2.13. The Morgan fingerprint density at radius 2 is 1.95 bits per heavy atom. The molecule has 7 heteroatoms. The summed E-state index contributed by atoms with van der Waals surface area (Å²) in [6.07, 6.45) is 0.635. The van der Waals surface area contributed by atoms with Crippen LogP contribution < -0.4 is 5.32 Å². The van der Waals surface area contributed by atoms with E-state index in [4.69, 9.17) is 16.3 Å². The van der Waals surface area contributed by atoms with Crippen molar-refractivity contribution in [2.24, 2.45) is 0 Å². The number of benzene rings is 1. The molecule has 0 saturated carbocycles. The Morgan fingerprint density at radius 1 is 1.35 bits per heavy atom. The van der Waals surface area contributed by atoms with E-state index in [1.807, 2.05) is 0 Å². The van der Waals surface area contributed by atoms with E-state index in [0.717, 1.165) is 0 Å². The fraction of sp³-hybridized carbons (Fsp3) is 0.462. The van der Waals surface area contributed by atoms with E-state index in [-0.39, 0.29) is 4.90 Å². The zero-order valence-corrected chi connectivity index (χ0v) is 13.0. The molecule has 1 amide bonds. The smallest absolute Gasteiger partial charge is 0.238 e. The Balaban J connectivity index is 2.71. The standard InChI is InChI=1S/C13H18ClNO4S/c1-10(13(16)15-8-3-9-19-2)20(17,18)12-6-4-11(14)5-7-12/h4-7,10H,3,8-9H2,1-2H3,(H,15,16). The molecule has 0 bridgehead atoms. The van der Waals surface area contributed by atoms with Crippen molar-refractivity contribution >= 4 is 27.3 Å². The number of nitrogens with one attached hydrogen (secondary N) is 1. The molecular formula is C13H18ClNO4S. The van der Waals surface area contributed by atoms with Crippen LogP contribution in [0.25, 0.3) is 0 Å². The van der Waals surface area contributed by atoms with Crippen molar-refractivity contribution < 1.29 is 17.9 Å². The average molecular weight is 320 g/mol. The molecule has 0 aromatic heterocycles. The molecule has 0 aliphatic carbocycles. The number of halogens is 1. The van der Waals surface area contributed by atoms with Gasteiger partial charge in [0.2, 0.25) is 5.91 Å². The SMILES string of the molecule is COCCCNC(=O)C(C)S(=O)(=O)c1ccc(Cl)cc1. The highest BCUT2D eigenvalue weighted by Crippen LogP contribution is 2.18. The molecule has 0 heterocycles. The van der Waals surface area contributed by atoms with E-state index in [0.29, 0.717) is 24.6 Å². The van der Waals surface area contributed by atoms with Gasteiger partial charge in [0, 0.05) is 25.3 Å². The summed E-state index contributed by atoms with van der Waals surface area (Å²) in [6.45, 7) is 2.27. The van der Waals surface area contributed by atoms with Crippen LogP contribution in [-0.4, -0.2) is 39.8 Å². The molecule has 1 atom stereocenters. The van der Waals surface area contributed by atoms with Crippen LogP contribution in [0, 0.1) is 0 Å². The van der Waals surface area contributed by atoms with Gasteiger partial charge in [-0.05, 0) is 37.6 Å². The maximum Gasteiger partial charge on any atom is 0.238 e. The maximum atomic E-state index is 12.2. The predicted octanol–water partition coefficient (Wildman–Crippen LogP) is 1.65. The molecule has 0 saturated heterocycles. The molecule has 5 nitrogen and oxygen atoms in total. The van der Waals surface area contributed by atoms with Crippen LogP contribution in [0.3, 0.4) is 0 Å². The average Bonchev–Trinajstić information content (AvgIpc) is 2.43. The van der Waals surface area contributed by atoms with Gasteiger partial charge in [-0.2, -0.15) is 0 Å². The van der Waals surface area contributed by atoms with E-state index in [1.54, 1.807) is 7.11 Å². The molecule has 1 unspecified atom stereocenters. The molecule has 112 valence electrons. The molecule has 0 spiro atoms. The lowest BCUT2D eigenvalue weighted by molar-refractivity contribution is -0.120. The summed E-state index contributed by atoms with van der Waals surface area (Å²) in [6, 6.07) is 5.76. The summed E-state index contributed by atoms with van der Waals surface area (Å²) in [5, 5.41) is 1.88. The van der Waals surface area contributed by atoms with Crippen molar-refractivity contribution in [3.05, 3.63) is 29.3 Å². The maximum absolute atomic E-state index is 12.2. The molecule has 1 aromatic rings. The van der Waals surface area contributed by atoms with E-state index in [1.165, 1.54) is 31.2 Å². The third-order valence-corrected chi connectivity index (χ3v) is 5.13. The van der Waals surface area contributed by atoms with Gasteiger partial charge in [-0.25, -0.2) is 8.42 Å². The number of hydrogen-bond donors (Lipinski definition) is 1. The number of methoxy groups -OCH3 is 1. The van der Waals surface area contributed by atoms with Crippen molar-refractivity contribution in [1.29, 1.82) is 0 Å². The Hall–Kier alpha value is -1.11. The van der Waals surface area contributed by atoms with Crippen LogP contribution in [-0.2, 0) is 19.4 Å². The van der Waals surface area contributed by atoms with Crippen molar-refractivity contribution in [2.75, 3.05) is 20.3 Å². The van der Waals surface area contributed by atoms with Gasteiger partial charge in [0.15, 0.2) is 9.84 Å². The minimum atomic E-state index is -3.70. The molecule has 1 rings (SSSR count). The number of rotatable bonds is 7. The summed E-state index contributed by atoms with van der Waals surface area (Å²) >= 11 is 5.72. The second-order valence-corrected chi connectivity index (χ2v) is 6.98. The molecule has 0 fully saturated rings. The predicted molar refractivity (Wildman–Crippen MR) is 77.6 cm³/mol. The molecule has 20 heavy (non-hydrogen) atoms.